The summed E-state index contributed by atoms with van der Waals surface area (Å²) in [6.45, 7) is 4.58. The summed E-state index contributed by atoms with van der Waals surface area (Å²) in [5.41, 5.74) is 0. The first kappa shape index (κ1) is 92.0. The van der Waals surface area contributed by atoms with Crippen molar-refractivity contribution in [2.45, 2.75) is 329 Å². The van der Waals surface area contributed by atoms with Gasteiger partial charge in [0.15, 0.2) is 12.2 Å². The van der Waals surface area contributed by atoms with Gasteiger partial charge in [-0.3, -0.25) is 37.3 Å². The second-order valence-corrected chi connectivity index (χ2v) is 27.7. The summed E-state index contributed by atoms with van der Waals surface area (Å²) in [5.74, 6) is -2.24. The van der Waals surface area contributed by atoms with Gasteiger partial charge in [-0.2, -0.15) is 0 Å². The van der Waals surface area contributed by atoms with E-state index in [9.17, 15) is 43.2 Å². The van der Waals surface area contributed by atoms with E-state index in [1.54, 1.807) is 0 Å². The lowest BCUT2D eigenvalue weighted by Crippen LogP contribution is -2.30. The standard InChI is InChI=1S/C77H134O17P2/c1-5-9-13-17-21-25-29-31-33-35-37-39-43-45-49-53-57-61-74(79)87-67-72(93-76(81)63-59-55-51-47-41-27-23-19-15-11-7-3)69-91-95(83,84)89-65-71(78)66-90-96(85,86)92-70-73(94-77(82)64-60-56-52-48-42-28-24-20-16-12-8-4)68-88-75(80)62-58-54-50-46-44-40-38-36-34-32-30-26-22-18-14-10-6-2/h9-10,13-14,21-22,25-26,31-34,37,39,45,49,71-73,78H,5-8,11-12,15-20,23-24,27-30,35-36,38,40-44,46-48,50-70H2,1-4H3,(H,83,84)(H,85,86)/b13-9-,14-10-,25-21-,26-22-,33-31-,34-32-,39-37-,49-45-. The second-order valence-electron chi connectivity index (χ2n) is 24.8. The lowest BCUT2D eigenvalue weighted by molar-refractivity contribution is -0.161. The number of ether oxygens (including phenoxy) is 4. The topological polar surface area (TPSA) is 237 Å². The van der Waals surface area contributed by atoms with Gasteiger partial charge in [-0.15, -0.1) is 0 Å². The molecule has 0 amide bonds. The third kappa shape index (κ3) is 68.5. The molecule has 3 N–H and O–H groups in total. The van der Waals surface area contributed by atoms with Crippen LogP contribution in [0.3, 0.4) is 0 Å². The number of rotatable bonds is 70. The molecule has 5 atom stereocenters. The number of carbonyl (C=O) groups is 4. The molecule has 5 unspecified atom stereocenters. The lowest BCUT2D eigenvalue weighted by atomic mass is 10.1. The third-order valence-electron chi connectivity index (χ3n) is 15.6. The molecule has 554 valence electrons. The van der Waals surface area contributed by atoms with E-state index in [1.165, 1.54) is 77.0 Å². The Morgan fingerprint density at radius 1 is 0.302 bits per heavy atom. The van der Waals surface area contributed by atoms with Crippen LogP contribution in [0.2, 0.25) is 0 Å². The minimum absolute atomic E-state index is 0.0852. The molecule has 0 bridgehead atoms. The first-order valence-corrected chi connectivity index (χ1v) is 40.5. The predicted molar refractivity (Wildman–Crippen MR) is 390 cm³/mol. The van der Waals surface area contributed by atoms with Gasteiger partial charge in [0.1, 0.15) is 19.3 Å². The zero-order chi connectivity index (χ0) is 70.4. The summed E-state index contributed by atoms with van der Waals surface area (Å²) < 4.78 is 68.3. The molecule has 0 aliphatic carbocycles. The molecular formula is C77H134O17P2. The summed E-state index contributed by atoms with van der Waals surface area (Å²) in [7, 11) is -9.95. The molecule has 0 radical (unpaired) electrons. The Morgan fingerprint density at radius 3 is 0.875 bits per heavy atom. The van der Waals surface area contributed by atoms with Gasteiger partial charge in [0.2, 0.25) is 0 Å². The number of aliphatic hydroxyl groups excluding tert-OH is 1. The molecular weight excluding hydrogens is 1260 g/mol. The highest BCUT2D eigenvalue weighted by atomic mass is 31.2. The van der Waals surface area contributed by atoms with Crippen LogP contribution in [-0.2, 0) is 65.4 Å². The van der Waals surface area contributed by atoms with Gasteiger partial charge in [-0.05, 0) is 96.3 Å². The van der Waals surface area contributed by atoms with Crippen LogP contribution in [-0.4, -0.2) is 96.7 Å². The van der Waals surface area contributed by atoms with Gasteiger partial charge < -0.3 is 33.8 Å². The molecule has 0 aromatic heterocycles. The zero-order valence-electron chi connectivity index (χ0n) is 60.3. The van der Waals surface area contributed by atoms with E-state index in [0.29, 0.717) is 32.1 Å². The van der Waals surface area contributed by atoms with E-state index in [-0.39, 0.29) is 25.7 Å². The van der Waals surface area contributed by atoms with E-state index in [1.807, 2.05) is 12.2 Å². The van der Waals surface area contributed by atoms with Crippen molar-refractivity contribution in [1.82, 2.24) is 0 Å². The first-order chi connectivity index (χ1) is 46.7. The van der Waals surface area contributed by atoms with Crippen LogP contribution in [0.25, 0.3) is 0 Å². The first-order valence-electron chi connectivity index (χ1n) is 37.5. The Labute approximate surface area is 582 Å². The molecule has 0 rings (SSSR count). The Morgan fingerprint density at radius 2 is 0.552 bits per heavy atom. The van der Waals surface area contributed by atoms with Crippen molar-refractivity contribution in [1.29, 1.82) is 0 Å². The zero-order valence-corrected chi connectivity index (χ0v) is 62.1. The van der Waals surface area contributed by atoms with Gasteiger partial charge in [0.25, 0.3) is 0 Å². The van der Waals surface area contributed by atoms with E-state index in [4.69, 9.17) is 37.0 Å². The van der Waals surface area contributed by atoms with Gasteiger partial charge >= 0.3 is 39.5 Å². The smallest absolute Gasteiger partial charge is 0.462 e. The molecule has 17 nitrogen and oxygen atoms in total. The van der Waals surface area contributed by atoms with Crippen molar-refractivity contribution < 1.29 is 80.2 Å². The molecule has 96 heavy (non-hydrogen) atoms. The summed E-state index contributed by atoms with van der Waals surface area (Å²) in [5, 5.41) is 10.6. The Hall–Kier alpha value is -4.02. The molecule has 19 heteroatoms. The van der Waals surface area contributed by atoms with Crippen LogP contribution < -0.4 is 0 Å². The average Bonchev–Trinajstić information content (AvgIpc) is 1.21. The Bertz CT molecular complexity index is 2200. The van der Waals surface area contributed by atoms with Gasteiger partial charge in [-0.25, -0.2) is 9.13 Å². The highest BCUT2D eigenvalue weighted by Gasteiger charge is 2.30. The van der Waals surface area contributed by atoms with E-state index in [2.05, 4.69) is 113 Å². The number of allylic oxidation sites excluding steroid dienone is 16. The number of aliphatic hydroxyl groups is 1. The van der Waals surface area contributed by atoms with Crippen LogP contribution in [0.5, 0.6) is 0 Å². The minimum atomic E-state index is -4.98. The normalized spacial score (nSPS) is 14.5. The van der Waals surface area contributed by atoms with Crippen LogP contribution in [0.1, 0.15) is 310 Å². The number of unbranched alkanes of at least 4 members (excludes halogenated alkanes) is 28. The summed E-state index contributed by atoms with van der Waals surface area (Å²) >= 11 is 0. The minimum Gasteiger partial charge on any atom is -0.462 e. The highest BCUT2D eigenvalue weighted by Crippen LogP contribution is 2.45. The Balaban J connectivity index is 5.32. The van der Waals surface area contributed by atoms with Gasteiger partial charge in [0, 0.05) is 25.7 Å². The third-order valence-corrected chi connectivity index (χ3v) is 17.5. The van der Waals surface area contributed by atoms with E-state index in [0.717, 1.165) is 148 Å². The molecule has 0 aromatic carbocycles. The molecule has 0 spiro atoms. The number of phosphoric ester groups is 2. The predicted octanol–water partition coefficient (Wildman–Crippen LogP) is 21.2. The number of esters is 4. The maximum Gasteiger partial charge on any atom is 0.472 e. The van der Waals surface area contributed by atoms with Gasteiger partial charge in [-0.1, -0.05) is 285 Å². The quantitative estimate of drug-likeness (QED) is 0.0169. The van der Waals surface area contributed by atoms with E-state index >= 15 is 0 Å². The number of phosphoric acid groups is 2. The summed E-state index contributed by atoms with van der Waals surface area (Å²) in [6, 6.07) is 0. The largest absolute Gasteiger partial charge is 0.472 e. The lowest BCUT2D eigenvalue weighted by Gasteiger charge is -2.21. The highest BCUT2D eigenvalue weighted by molar-refractivity contribution is 7.47. The fourth-order valence-electron chi connectivity index (χ4n) is 9.92. The molecule has 0 aliphatic heterocycles. The van der Waals surface area contributed by atoms with Crippen LogP contribution in [0.15, 0.2) is 97.2 Å². The fraction of sp³-hybridized carbons (Fsp3) is 0.740. The van der Waals surface area contributed by atoms with Crippen molar-refractivity contribution in [2.75, 3.05) is 39.6 Å². The Kier molecular flexibility index (Phi) is 66.6. The molecule has 0 heterocycles. The SMILES string of the molecule is CC/C=C\C/C=C\C/C=C\C/C=C\C/C=C\CCCC(=O)OCC(COP(=O)(O)OCC(O)COP(=O)(O)OCC(COC(=O)CCCCCCCCC/C=C\C/C=C\C/C=C\CC)OC(=O)CCCCCCCCCCCCC)OC(=O)CCCCCCCCCCCCC. The second kappa shape index (κ2) is 69.5. The maximum atomic E-state index is 13.0. The monoisotopic (exact) mass is 1390 g/mol. The van der Waals surface area contributed by atoms with Crippen LogP contribution in [0.4, 0.5) is 0 Å². The van der Waals surface area contributed by atoms with Crippen molar-refractivity contribution in [3.8, 4) is 0 Å². The summed E-state index contributed by atoms with van der Waals surface area (Å²) in [4.78, 5) is 72.7. The van der Waals surface area contributed by atoms with Crippen molar-refractivity contribution in [3.63, 3.8) is 0 Å². The molecule has 0 saturated heterocycles. The number of hydrogen-bond acceptors (Lipinski definition) is 15. The van der Waals surface area contributed by atoms with Gasteiger partial charge in [0.05, 0.1) is 26.4 Å². The number of carbonyl (C=O) groups excluding carboxylic acids is 4. The molecule has 0 aromatic rings. The average molecular weight is 1390 g/mol. The molecule has 0 aliphatic rings. The fourth-order valence-corrected chi connectivity index (χ4v) is 11.5. The van der Waals surface area contributed by atoms with Crippen molar-refractivity contribution >= 4 is 39.5 Å². The van der Waals surface area contributed by atoms with Crippen LogP contribution >= 0.6 is 15.6 Å². The number of hydrogen-bond donors (Lipinski definition) is 3. The summed E-state index contributed by atoms with van der Waals surface area (Å²) in [6.07, 6.45) is 71.3. The van der Waals surface area contributed by atoms with Crippen molar-refractivity contribution in [2.24, 2.45) is 0 Å². The van der Waals surface area contributed by atoms with E-state index < -0.39 is 97.5 Å². The van der Waals surface area contributed by atoms with Crippen LogP contribution in [0, 0.1) is 0 Å². The molecule has 0 saturated carbocycles. The maximum absolute atomic E-state index is 13.0. The van der Waals surface area contributed by atoms with Crippen molar-refractivity contribution in [3.05, 3.63) is 97.2 Å². The molecule has 0 fully saturated rings.